The molecule has 1 saturated carbocycles. The first-order chi connectivity index (χ1) is 10.3. The van der Waals surface area contributed by atoms with E-state index in [-0.39, 0.29) is 11.6 Å². The van der Waals surface area contributed by atoms with E-state index < -0.39 is 0 Å². The van der Waals surface area contributed by atoms with Crippen molar-refractivity contribution in [3.8, 4) is 5.75 Å². The summed E-state index contributed by atoms with van der Waals surface area (Å²) < 4.78 is 11.7. The maximum Gasteiger partial charge on any atom is 0.137 e. The average Bonchev–Trinajstić information content (AvgIpc) is 2.55. The van der Waals surface area contributed by atoms with Gasteiger partial charge in [0.05, 0.1) is 24.4 Å². The van der Waals surface area contributed by atoms with Crippen LogP contribution in [0.2, 0.25) is 0 Å². The third-order valence-corrected chi connectivity index (χ3v) is 4.46. The number of aromatic nitrogens is 1. The smallest absolute Gasteiger partial charge is 0.137 e. The predicted octanol–water partition coefficient (Wildman–Crippen LogP) is 3.48. The van der Waals surface area contributed by atoms with Gasteiger partial charge < -0.3 is 14.8 Å². The lowest BCUT2D eigenvalue weighted by Crippen LogP contribution is -2.46. The number of nitrogens with one attached hydrogen (secondary N) is 1. The summed E-state index contributed by atoms with van der Waals surface area (Å²) in [5, 5.41) is 3.44. The average molecular weight is 292 g/mol. The van der Waals surface area contributed by atoms with Gasteiger partial charge in [0.15, 0.2) is 0 Å². The van der Waals surface area contributed by atoms with Crippen LogP contribution in [0.3, 0.4) is 0 Å². The Labute approximate surface area is 128 Å². The van der Waals surface area contributed by atoms with Gasteiger partial charge in [-0.15, -0.1) is 0 Å². The van der Waals surface area contributed by atoms with Crippen molar-refractivity contribution in [2.75, 3.05) is 20.8 Å². The van der Waals surface area contributed by atoms with Crippen LogP contribution in [-0.2, 0) is 4.74 Å². The van der Waals surface area contributed by atoms with Crippen LogP contribution in [0.4, 0.5) is 0 Å². The molecule has 1 atom stereocenters. The Hall–Kier alpha value is -1.13. The molecule has 0 spiro atoms. The number of methoxy groups -OCH3 is 1. The molecule has 1 heterocycles. The Morgan fingerprint density at radius 1 is 1.29 bits per heavy atom. The Kier molecular flexibility index (Phi) is 6.00. The van der Waals surface area contributed by atoms with Crippen molar-refractivity contribution in [1.29, 1.82) is 0 Å². The molecule has 1 aliphatic carbocycles. The summed E-state index contributed by atoms with van der Waals surface area (Å²) in [7, 11) is 3.83. The van der Waals surface area contributed by atoms with Crippen LogP contribution in [0.25, 0.3) is 0 Å². The zero-order valence-corrected chi connectivity index (χ0v) is 13.5. The van der Waals surface area contributed by atoms with Crippen molar-refractivity contribution >= 4 is 0 Å². The molecule has 1 aromatic rings. The van der Waals surface area contributed by atoms with Gasteiger partial charge in [-0.05, 0) is 37.9 Å². The van der Waals surface area contributed by atoms with Crippen LogP contribution >= 0.6 is 0 Å². The van der Waals surface area contributed by atoms with Crippen LogP contribution in [0.15, 0.2) is 18.5 Å². The molecule has 0 aromatic carbocycles. The Bertz CT molecular complexity index is 431. The molecule has 0 amide bonds. The van der Waals surface area contributed by atoms with Gasteiger partial charge in [-0.3, -0.25) is 4.98 Å². The molecule has 1 unspecified atom stereocenters. The van der Waals surface area contributed by atoms with E-state index in [1.165, 1.54) is 19.3 Å². The summed E-state index contributed by atoms with van der Waals surface area (Å²) in [4.78, 5) is 4.35. The quantitative estimate of drug-likeness (QED) is 0.835. The van der Waals surface area contributed by atoms with Crippen molar-refractivity contribution in [1.82, 2.24) is 10.3 Å². The van der Waals surface area contributed by atoms with Gasteiger partial charge in [0, 0.05) is 13.3 Å². The van der Waals surface area contributed by atoms with E-state index in [4.69, 9.17) is 9.47 Å². The van der Waals surface area contributed by atoms with Crippen LogP contribution in [-0.4, -0.2) is 31.3 Å². The van der Waals surface area contributed by atoms with Crippen molar-refractivity contribution in [3.63, 3.8) is 0 Å². The molecule has 4 nitrogen and oxygen atoms in total. The standard InChI is InChI=1S/C17H28N2O2/c1-4-10-21-15-11-14(12-19-13-15)16(18-2)17(20-3)8-6-5-7-9-17/h11-13,16,18H,4-10H2,1-3H3. The van der Waals surface area contributed by atoms with E-state index in [0.717, 1.165) is 37.2 Å². The highest BCUT2D eigenvalue weighted by Gasteiger charge is 2.40. The van der Waals surface area contributed by atoms with Crippen molar-refractivity contribution in [2.24, 2.45) is 0 Å². The number of ether oxygens (including phenoxy) is 2. The number of hydrogen-bond acceptors (Lipinski definition) is 4. The van der Waals surface area contributed by atoms with Gasteiger partial charge in [0.2, 0.25) is 0 Å². The normalized spacial score (nSPS) is 19.2. The minimum absolute atomic E-state index is 0.127. The third kappa shape index (κ3) is 3.74. The number of rotatable bonds is 7. The molecule has 0 saturated heterocycles. The van der Waals surface area contributed by atoms with Crippen LogP contribution in [0, 0.1) is 0 Å². The lowest BCUT2D eigenvalue weighted by molar-refractivity contribution is -0.0672. The molecule has 0 radical (unpaired) electrons. The van der Waals surface area contributed by atoms with Crippen molar-refractivity contribution in [3.05, 3.63) is 24.0 Å². The zero-order chi connectivity index (χ0) is 15.1. The van der Waals surface area contributed by atoms with Crippen LogP contribution in [0.5, 0.6) is 5.75 Å². The first-order valence-corrected chi connectivity index (χ1v) is 8.06. The van der Waals surface area contributed by atoms with Gasteiger partial charge in [-0.2, -0.15) is 0 Å². The molecular formula is C17H28N2O2. The molecule has 1 aliphatic rings. The summed E-state index contributed by atoms with van der Waals surface area (Å²) in [6.07, 6.45) is 10.7. The second-order valence-electron chi connectivity index (χ2n) is 5.85. The minimum atomic E-state index is -0.127. The lowest BCUT2D eigenvalue weighted by Gasteiger charge is -2.42. The summed E-state index contributed by atoms with van der Waals surface area (Å²) in [5.41, 5.74) is 1.02. The summed E-state index contributed by atoms with van der Waals surface area (Å²) in [6, 6.07) is 2.25. The van der Waals surface area contributed by atoms with Crippen LogP contribution < -0.4 is 10.1 Å². The van der Waals surface area contributed by atoms with Crippen molar-refractivity contribution in [2.45, 2.75) is 57.1 Å². The van der Waals surface area contributed by atoms with Gasteiger partial charge in [-0.1, -0.05) is 26.2 Å². The van der Waals surface area contributed by atoms with Gasteiger partial charge >= 0.3 is 0 Å². The molecule has 1 aromatic heterocycles. The Morgan fingerprint density at radius 3 is 2.67 bits per heavy atom. The molecule has 1 fully saturated rings. The molecule has 2 rings (SSSR count). The highest BCUT2D eigenvalue weighted by Crippen LogP contribution is 2.41. The monoisotopic (exact) mass is 292 g/mol. The fourth-order valence-corrected chi connectivity index (χ4v) is 3.39. The zero-order valence-electron chi connectivity index (χ0n) is 13.5. The van der Waals surface area contributed by atoms with E-state index in [1.807, 2.05) is 20.4 Å². The molecular weight excluding hydrogens is 264 g/mol. The predicted molar refractivity (Wildman–Crippen MR) is 84.6 cm³/mol. The highest BCUT2D eigenvalue weighted by molar-refractivity contribution is 5.28. The van der Waals surface area contributed by atoms with E-state index in [1.54, 1.807) is 6.20 Å². The number of pyridine rings is 1. The molecule has 21 heavy (non-hydrogen) atoms. The number of hydrogen-bond donors (Lipinski definition) is 1. The third-order valence-electron chi connectivity index (χ3n) is 4.46. The molecule has 1 N–H and O–H groups in total. The highest BCUT2D eigenvalue weighted by atomic mass is 16.5. The largest absolute Gasteiger partial charge is 0.492 e. The second-order valence-corrected chi connectivity index (χ2v) is 5.85. The Balaban J connectivity index is 2.23. The SMILES string of the molecule is CCCOc1cncc(C(NC)C2(OC)CCCCC2)c1. The minimum Gasteiger partial charge on any atom is -0.492 e. The lowest BCUT2D eigenvalue weighted by atomic mass is 9.77. The van der Waals surface area contributed by atoms with Crippen LogP contribution in [0.1, 0.15) is 57.1 Å². The fourth-order valence-electron chi connectivity index (χ4n) is 3.39. The summed E-state index contributed by atoms with van der Waals surface area (Å²) in [6.45, 7) is 2.83. The maximum absolute atomic E-state index is 5.98. The second kappa shape index (κ2) is 7.76. The number of likely N-dealkylation sites (N-methyl/N-ethyl adjacent to an activating group) is 1. The topological polar surface area (TPSA) is 43.4 Å². The maximum atomic E-state index is 5.98. The fraction of sp³-hybridized carbons (Fsp3) is 0.706. The first kappa shape index (κ1) is 16.2. The van der Waals surface area contributed by atoms with Gasteiger partial charge in [0.1, 0.15) is 5.75 Å². The first-order valence-electron chi connectivity index (χ1n) is 8.06. The van der Waals surface area contributed by atoms with E-state index in [2.05, 4.69) is 23.3 Å². The van der Waals surface area contributed by atoms with Crippen molar-refractivity contribution < 1.29 is 9.47 Å². The van der Waals surface area contributed by atoms with E-state index >= 15 is 0 Å². The number of nitrogens with zero attached hydrogens (tertiary/aromatic N) is 1. The molecule has 0 aliphatic heterocycles. The molecule has 0 bridgehead atoms. The Morgan fingerprint density at radius 2 is 2.05 bits per heavy atom. The van der Waals surface area contributed by atoms with E-state index in [9.17, 15) is 0 Å². The summed E-state index contributed by atoms with van der Waals surface area (Å²) in [5.74, 6) is 0.844. The van der Waals surface area contributed by atoms with Gasteiger partial charge in [0.25, 0.3) is 0 Å². The molecule has 118 valence electrons. The summed E-state index contributed by atoms with van der Waals surface area (Å²) >= 11 is 0. The van der Waals surface area contributed by atoms with E-state index in [0.29, 0.717) is 0 Å². The van der Waals surface area contributed by atoms with Gasteiger partial charge in [-0.25, -0.2) is 0 Å². The molecule has 4 heteroatoms.